The average molecular weight is 262 g/mol. The van der Waals surface area contributed by atoms with Gasteiger partial charge in [0.05, 0.1) is 4.90 Å². The number of sulfone groups is 1. The Morgan fingerprint density at radius 3 is 2.39 bits per heavy atom. The summed E-state index contributed by atoms with van der Waals surface area (Å²) in [5.74, 6) is 1.25. The highest BCUT2D eigenvalue weighted by molar-refractivity contribution is 7.90. The SMILES string of the molecule is Cc1ccccc1Oc1cccc(S(C)(=O)=O)c1. The van der Waals surface area contributed by atoms with Crippen molar-refractivity contribution in [3.63, 3.8) is 0 Å². The fraction of sp³-hybridized carbons (Fsp3) is 0.143. The molecule has 0 amide bonds. The van der Waals surface area contributed by atoms with E-state index in [-0.39, 0.29) is 4.90 Å². The first-order chi connectivity index (χ1) is 8.47. The highest BCUT2D eigenvalue weighted by Gasteiger charge is 2.08. The summed E-state index contributed by atoms with van der Waals surface area (Å²) in [7, 11) is -3.21. The molecule has 0 aliphatic rings. The molecule has 2 aromatic carbocycles. The van der Waals surface area contributed by atoms with Crippen LogP contribution in [0.3, 0.4) is 0 Å². The highest BCUT2D eigenvalue weighted by atomic mass is 32.2. The van der Waals surface area contributed by atoms with Crippen molar-refractivity contribution in [2.24, 2.45) is 0 Å². The van der Waals surface area contributed by atoms with Crippen LogP contribution in [-0.2, 0) is 9.84 Å². The average Bonchev–Trinajstić information content (AvgIpc) is 2.31. The molecule has 0 spiro atoms. The van der Waals surface area contributed by atoms with E-state index in [0.29, 0.717) is 5.75 Å². The normalized spacial score (nSPS) is 11.2. The maximum absolute atomic E-state index is 11.4. The second-order valence-electron chi connectivity index (χ2n) is 4.11. The quantitative estimate of drug-likeness (QED) is 0.853. The van der Waals surface area contributed by atoms with Crippen molar-refractivity contribution in [1.82, 2.24) is 0 Å². The Balaban J connectivity index is 2.34. The van der Waals surface area contributed by atoms with Crippen LogP contribution in [0.1, 0.15) is 5.56 Å². The monoisotopic (exact) mass is 262 g/mol. The van der Waals surface area contributed by atoms with Gasteiger partial charge in [-0.15, -0.1) is 0 Å². The lowest BCUT2D eigenvalue weighted by Crippen LogP contribution is -1.97. The molecular formula is C14H14O3S. The Hall–Kier alpha value is -1.81. The van der Waals surface area contributed by atoms with Gasteiger partial charge in [0, 0.05) is 6.26 Å². The van der Waals surface area contributed by atoms with Crippen LogP contribution < -0.4 is 4.74 Å². The van der Waals surface area contributed by atoms with Crippen LogP contribution in [0.25, 0.3) is 0 Å². The minimum atomic E-state index is -3.21. The third-order valence-corrected chi connectivity index (χ3v) is 3.67. The van der Waals surface area contributed by atoms with E-state index < -0.39 is 9.84 Å². The van der Waals surface area contributed by atoms with E-state index in [9.17, 15) is 8.42 Å². The lowest BCUT2D eigenvalue weighted by atomic mass is 10.2. The molecule has 2 rings (SSSR count). The van der Waals surface area contributed by atoms with Gasteiger partial charge in [-0.2, -0.15) is 0 Å². The minimum absolute atomic E-state index is 0.258. The molecule has 4 heteroatoms. The van der Waals surface area contributed by atoms with Gasteiger partial charge in [-0.1, -0.05) is 24.3 Å². The molecule has 18 heavy (non-hydrogen) atoms. The number of para-hydroxylation sites is 1. The van der Waals surface area contributed by atoms with E-state index in [4.69, 9.17) is 4.74 Å². The lowest BCUT2D eigenvalue weighted by molar-refractivity contribution is 0.477. The van der Waals surface area contributed by atoms with Crippen molar-refractivity contribution in [1.29, 1.82) is 0 Å². The summed E-state index contributed by atoms with van der Waals surface area (Å²) in [4.78, 5) is 0.258. The zero-order valence-corrected chi connectivity index (χ0v) is 11.1. The van der Waals surface area contributed by atoms with Crippen molar-refractivity contribution in [3.8, 4) is 11.5 Å². The zero-order chi connectivity index (χ0) is 13.2. The molecular weight excluding hydrogens is 248 g/mol. The second-order valence-corrected chi connectivity index (χ2v) is 6.13. The first kappa shape index (κ1) is 12.6. The summed E-state index contributed by atoms with van der Waals surface area (Å²) in [6, 6.07) is 14.1. The third-order valence-electron chi connectivity index (χ3n) is 2.56. The van der Waals surface area contributed by atoms with Crippen molar-refractivity contribution in [3.05, 3.63) is 54.1 Å². The number of ether oxygens (including phenoxy) is 1. The molecule has 94 valence electrons. The van der Waals surface area contributed by atoms with Gasteiger partial charge in [-0.25, -0.2) is 8.42 Å². The maximum Gasteiger partial charge on any atom is 0.175 e. The van der Waals surface area contributed by atoms with Crippen molar-refractivity contribution in [2.75, 3.05) is 6.26 Å². The summed E-state index contributed by atoms with van der Waals surface area (Å²) in [6.07, 6.45) is 1.18. The highest BCUT2D eigenvalue weighted by Crippen LogP contribution is 2.26. The number of hydrogen-bond donors (Lipinski definition) is 0. The Morgan fingerprint density at radius 2 is 1.72 bits per heavy atom. The summed E-state index contributed by atoms with van der Waals surface area (Å²) < 4.78 is 28.6. The first-order valence-electron chi connectivity index (χ1n) is 5.50. The van der Waals surface area contributed by atoms with Crippen LogP contribution in [0.5, 0.6) is 11.5 Å². The molecule has 0 N–H and O–H groups in total. The maximum atomic E-state index is 11.4. The molecule has 0 aromatic heterocycles. The topological polar surface area (TPSA) is 43.4 Å². The van der Waals surface area contributed by atoms with Crippen LogP contribution >= 0.6 is 0 Å². The van der Waals surface area contributed by atoms with E-state index in [1.54, 1.807) is 18.2 Å². The van der Waals surface area contributed by atoms with Crippen LogP contribution in [0.2, 0.25) is 0 Å². The van der Waals surface area contributed by atoms with Gasteiger partial charge in [-0.3, -0.25) is 0 Å². The second kappa shape index (κ2) is 4.82. The molecule has 0 bridgehead atoms. The zero-order valence-electron chi connectivity index (χ0n) is 10.3. The smallest absolute Gasteiger partial charge is 0.175 e. The number of aryl methyl sites for hydroxylation is 1. The molecule has 0 saturated heterocycles. The van der Waals surface area contributed by atoms with E-state index in [1.807, 2.05) is 31.2 Å². The third kappa shape index (κ3) is 2.90. The summed E-state index contributed by atoms with van der Waals surface area (Å²) in [6.45, 7) is 1.94. The molecule has 0 fully saturated rings. The molecule has 0 saturated carbocycles. The van der Waals surface area contributed by atoms with Gasteiger partial charge in [0.2, 0.25) is 0 Å². The Bertz CT molecular complexity index is 660. The van der Waals surface area contributed by atoms with Crippen molar-refractivity contribution >= 4 is 9.84 Å². The summed E-state index contributed by atoms with van der Waals surface area (Å²) in [5, 5.41) is 0. The van der Waals surface area contributed by atoms with Crippen LogP contribution in [0, 0.1) is 6.92 Å². The predicted octanol–water partition coefficient (Wildman–Crippen LogP) is 3.19. The first-order valence-corrected chi connectivity index (χ1v) is 7.39. The Labute approximate surface area is 107 Å². The van der Waals surface area contributed by atoms with Gasteiger partial charge in [0.15, 0.2) is 9.84 Å². The largest absolute Gasteiger partial charge is 0.457 e. The van der Waals surface area contributed by atoms with Crippen LogP contribution in [0.4, 0.5) is 0 Å². The Kier molecular flexibility index (Phi) is 3.39. The molecule has 0 heterocycles. The summed E-state index contributed by atoms with van der Waals surface area (Å²) in [5.41, 5.74) is 1.00. The van der Waals surface area contributed by atoms with E-state index in [1.165, 1.54) is 12.3 Å². The van der Waals surface area contributed by atoms with Gasteiger partial charge in [-0.05, 0) is 36.8 Å². The van der Waals surface area contributed by atoms with E-state index >= 15 is 0 Å². The molecule has 0 unspecified atom stereocenters. The molecule has 0 aliphatic heterocycles. The van der Waals surface area contributed by atoms with Crippen molar-refractivity contribution in [2.45, 2.75) is 11.8 Å². The molecule has 0 radical (unpaired) electrons. The Morgan fingerprint density at radius 1 is 1.00 bits per heavy atom. The van der Waals surface area contributed by atoms with Gasteiger partial charge < -0.3 is 4.74 Å². The minimum Gasteiger partial charge on any atom is -0.457 e. The molecule has 2 aromatic rings. The number of benzene rings is 2. The predicted molar refractivity (Wildman–Crippen MR) is 70.8 cm³/mol. The van der Waals surface area contributed by atoms with Crippen LogP contribution in [0.15, 0.2) is 53.4 Å². The van der Waals surface area contributed by atoms with E-state index in [0.717, 1.165) is 11.3 Å². The molecule has 0 atom stereocenters. The molecule has 0 aliphatic carbocycles. The number of rotatable bonds is 3. The van der Waals surface area contributed by atoms with Gasteiger partial charge in [0.25, 0.3) is 0 Å². The van der Waals surface area contributed by atoms with Gasteiger partial charge >= 0.3 is 0 Å². The fourth-order valence-electron chi connectivity index (χ4n) is 1.57. The van der Waals surface area contributed by atoms with E-state index in [2.05, 4.69) is 0 Å². The molecule has 3 nitrogen and oxygen atoms in total. The van der Waals surface area contributed by atoms with Crippen molar-refractivity contribution < 1.29 is 13.2 Å². The standard InChI is InChI=1S/C14H14O3S/c1-11-6-3-4-9-14(11)17-12-7-5-8-13(10-12)18(2,15)16/h3-10H,1-2H3. The van der Waals surface area contributed by atoms with Crippen LogP contribution in [-0.4, -0.2) is 14.7 Å². The fourth-order valence-corrected chi connectivity index (χ4v) is 2.22. The lowest BCUT2D eigenvalue weighted by Gasteiger charge is -2.09. The summed E-state index contributed by atoms with van der Waals surface area (Å²) >= 11 is 0. The van der Waals surface area contributed by atoms with Gasteiger partial charge in [0.1, 0.15) is 11.5 Å². The number of hydrogen-bond acceptors (Lipinski definition) is 3.